The lowest BCUT2D eigenvalue weighted by Crippen LogP contribution is -2.24. The molecular weight excluding hydrogens is 438 g/mol. The molecule has 0 aliphatic carbocycles. The summed E-state index contributed by atoms with van der Waals surface area (Å²) in [6, 6.07) is 12.8. The van der Waals surface area contributed by atoms with Gasteiger partial charge in [0.2, 0.25) is 11.8 Å². The molecule has 34 heavy (non-hydrogen) atoms. The number of nitrogens with two attached hydrogens (primary N) is 1. The van der Waals surface area contributed by atoms with Crippen LogP contribution in [0.4, 0.5) is 5.95 Å². The summed E-state index contributed by atoms with van der Waals surface area (Å²) in [7, 11) is 1.49. The molecule has 0 aliphatic rings. The van der Waals surface area contributed by atoms with Gasteiger partial charge in [0.15, 0.2) is 12.0 Å². The summed E-state index contributed by atoms with van der Waals surface area (Å²) in [6.07, 6.45) is 1.32. The van der Waals surface area contributed by atoms with Crippen molar-refractivity contribution in [1.82, 2.24) is 29.1 Å². The van der Waals surface area contributed by atoms with Gasteiger partial charge in [-0.15, -0.1) is 5.10 Å². The topological polar surface area (TPSA) is 147 Å². The van der Waals surface area contributed by atoms with E-state index < -0.39 is 5.69 Å². The van der Waals surface area contributed by atoms with E-state index in [0.29, 0.717) is 45.5 Å². The molecule has 0 fully saturated rings. The molecule has 4 heterocycles. The zero-order valence-electron chi connectivity index (χ0n) is 18.5. The number of hydrogen-bond donors (Lipinski definition) is 2. The smallest absolute Gasteiger partial charge is 0.353 e. The molecule has 5 rings (SSSR count). The Morgan fingerprint density at radius 2 is 1.94 bits per heavy atom. The van der Waals surface area contributed by atoms with Crippen molar-refractivity contribution in [3.63, 3.8) is 0 Å². The summed E-state index contributed by atoms with van der Waals surface area (Å²) < 4.78 is 13.1. The third kappa shape index (κ3) is 3.57. The van der Waals surface area contributed by atoms with Crippen molar-refractivity contribution in [2.45, 2.75) is 20.1 Å². The Bertz CT molecular complexity index is 1530. The lowest BCUT2D eigenvalue weighted by Gasteiger charge is -2.13. The minimum atomic E-state index is -0.466. The number of anilines is 1. The second kappa shape index (κ2) is 8.45. The van der Waals surface area contributed by atoms with Gasteiger partial charge in [-0.05, 0) is 18.6 Å². The molecule has 0 atom stereocenters. The number of aliphatic hydroxyl groups excluding tert-OH is 1. The van der Waals surface area contributed by atoms with E-state index in [1.807, 2.05) is 30.3 Å². The first-order chi connectivity index (χ1) is 16.5. The van der Waals surface area contributed by atoms with E-state index in [-0.39, 0.29) is 19.1 Å². The zero-order chi connectivity index (χ0) is 23.8. The normalized spacial score (nSPS) is 11.3. The number of aliphatic hydroxyl groups is 1. The molecule has 0 spiro atoms. The fourth-order valence-electron chi connectivity index (χ4n) is 3.79. The standard InChI is InChI=1S/C23H21N7O4/c1-13-17(25-12-34-13)10-29-23(32)30-21(28-29)19(15-8-16(11-31)26-18(9-15)33-2)20(27-22(30)24)14-6-4-3-5-7-14/h3-9,12,31H,10-11H2,1-2H3,(H2,24,27). The van der Waals surface area contributed by atoms with Gasteiger partial charge in [-0.25, -0.2) is 28.8 Å². The van der Waals surface area contributed by atoms with Gasteiger partial charge >= 0.3 is 5.69 Å². The zero-order valence-corrected chi connectivity index (χ0v) is 18.5. The number of methoxy groups -OCH3 is 1. The van der Waals surface area contributed by atoms with Crippen molar-refractivity contribution in [2.75, 3.05) is 12.8 Å². The van der Waals surface area contributed by atoms with Crippen LogP contribution in [0.25, 0.3) is 28.0 Å². The van der Waals surface area contributed by atoms with E-state index in [9.17, 15) is 9.90 Å². The predicted molar refractivity (Wildman–Crippen MR) is 123 cm³/mol. The van der Waals surface area contributed by atoms with Gasteiger partial charge in [0, 0.05) is 11.6 Å². The summed E-state index contributed by atoms with van der Waals surface area (Å²) in [5, 5.41) is 14.4. The Morgan fingerprint density at radius 1 is 1.15 bits per heavy atom. The van der Waals surface area contributed by atoms with Crippen LogP contribution in [0, 0.1) is 6.92 Å². The number of nitrogen functional groups attached to an aromatic ring is 1. The van der Waals surface area contributed by atoms with Crippen molar-refractivity contribution in [2.24, 2.45) is 0 Å². The van der Waals surface area contributed by atoms with Crippen LogP contribution < -0.4 is 16.2 Å². The van der Waals surface area contributed by atoms with Crippen LogP contribution >= 0.6 is 0 Å². The quantitative estimate of drug-likeness (QED) is 0.389. The number of fused-ring (bicyclic) bond motifs is 1. The largest absolute Gasteiger partial charge is 0.481 e. The van der Waals surface area contributed by atoms with E-state index in [1.54, 1.807) is 19.1 Å². The lowest BCUT2D eigenvalue weighted by molar-refractivity contribution is 0.274. The Kier molecular flexibility index (Phi) is 5.30. The third-order valence-electron chi connectivity index (χ3n) is 5.46. The molecule has 0 saturated carbocycles. The fraction of sp³-hybridized carbons (Fsp3) is 0.174. The molecule has 0 aliphatic heterocycles. The van der Waals surface area contributed by atoms with E-state index in [1.165, 1.54) is 22.6 Å². The molecule has 0 radical (unpaired) electrons. The number of ether oxygens (including phenoxy) is 1. The summed E-state index contributed by atoms with van der Waals surface area (Å²) >= 11 is 0. The Balaban J connectivity index is 1.84. The molecule has 5 aromatic rings. The number of aromatic nitrogens is 6. The summed E-state index contributed by atoms with van der Waals surface area (Å²) in [5.74, 6) is 0.886. The van der Waals surface area contributed by atoms with Gasteiger partial charge < -0.3 is 20.0 Å². The van der Waals surface area contributed by atoms with Crippen LogP contribution in [-0.4, -0.2) is 41.3 Å². The number of nitrogens with zero attached hydrogens (tertiary/aromatic N) is 6. The molecule has 172 valence electrons. The maximum absolute atomic E-state index is 13.3. The predicted octanol–water partition coefficient (Wildman–Crippen LogP) is 2.05. The Hall–Kier alpha value is -4.51. The first-order valence-corrected chi connectivity index (χ1v) is 10.4. The average molecular weight is 459 g/mol. The van der Waals surface area contributed by atoms with Crippen LogP contribution in [0.2, 0.25) is 0 Å². The van der Waals surface area contributed by atoms with Crippen LogP contribution in [-0.2, 0) is 13.2 Å². The van der Waals surface area contributed by atoms with Crippen molar-refractivity contribution < 1.29 is 14.3 Å². The van der Waals surface area contributed by atoms with Crippen LogP contribution in [0.3, 0.4) is 0 Å². The van der Waals surface area contributed by atoms with Gasteiger partial charge in [-0.1, -0.05) is 30.3 Å². The fourth-order valence-corrected chi connectivity index (χ4v) is 3.79. The summed E-state index contributed by atoms with van der Waals surface area (Å²) in [6.45, 7) is 1.57. The molecular formula is C23H21N7O4. The molecule has 1 aromatic carbocycles. The first-order valence-electron chi connectivity index (χ1n) is 10.4. The van der Waals surface area contributed by atoms with Gasteiger partial charge in [0.25, 0.3) is 0 Å². The maximum atomic E-state index is 13.3. The molecule has 0 amide bonds. The second-order valence-electron chi connectivity index (χ2n) is 7.56. The van der Waals surface area contributed by atoms with Crippen molar-refractivity contribution >= 4 is 11.6 Å². The van der Waals surface area contributed by atoms with Crippen molar-refractivity contribution in [1.29, 1.82) is 0 Å². The van der Waals surface area contributed by atoms with E-state index >= 15 is 0 Å². The second-order valence-corrected chi connectivity index (χ2v) is 7.56. The SMILES string of the molecule is COc1cc(-c2c(-c3ccccc3)nc(N)n3c(=O)n(Cc4ncoc4C)nc23)cc(CO)n1. The first kappa shape index (κ1) is 21.3. The molecule has 0 saturated heterocycles. The monoisotopic (exact) mass is 459 g/mol. The number of rotatable bonds is 6. The van der Waals surface area contributed by atoms with Gasteiger partial charge in [0.05, 0.1) is 37.2 Å². The number of oxazole rings is 1. The number of aryl methyl sites for hydroxylation is 1. The van der Waals surface area contributed by atoms with E-state index in [0.717, 1.165) is 5.56 Å². The highest BCUT2D eigenvalue weighted by molar-refractivity contribution is 5.91. The highest BCUT2D eigenvalue weighted by atomic mass is 16.5. The Morgan fingerprint density at radius 3 is 2.62 bits per heavy atom. The van der Waals surface area contributed by atoms with Gasteiger partial charge in [-0.2, -0.15) is 0 Å². The van der Waals surface area contributed by atoms with Crippen molar-refractivity contribution in [3.8, 4) is 28.3 Å². The van der Waals surface area contributed by atoms with Gasteiger partial charge in [0.1, 0.15) is 11.5 Å². The highest BCUT2D eigenvalue weighted by Crippen LogP contribution is 2.35. The van der Waals surface area contributed by atoms with E-state index in [4.69, 9.17) is 14.9 Å². The summed E-state index contributed by atoms with van der Waals surface area (Å²) in [4.78, 5) is 26.3. The molecule has 4 aromatic heterocycles. The minimum absolute atomic E-state index is 0.00543. The van der Waals surface area contributed by atoms with E-state index in [2.05, 4.69) is 20.1 Å². The lowest BCUT2D eigenvalue weighted by atomic mass is 10.00. The third-order valence-corrected chi connectivity index (χ3v) is 5.46. The van der Waals surface area contributed by atoms with Crippen molar-refractivity contribution in [3.05, 3.63) is 76.5 Å². The maximum Gasteiger partial charge on any atom is 0.353 e. The van der Waals surface area contributed by atoms with Gasteiger partial charge in [-0.3, -0.25) is 0 Å². The minimum Gasteiger partial charge on any atom is -0.481 e. The molecule has 0 unspecified atom stereocenters. The number of pyridine rings is 1. The number of benzene rings is 1. The highest BCUT2D eigenvalue weighted by Gasteiger charge is 2.23. The summed E-state index contributed by atoms with van der Waals surface area (Å²) in [5.41, 5.74) is 9.53. The number of hydrogen-bond acceptors (Lipinski definition) is 9. The average Bonchev–Trinajstić information content (AvgIpc) is 3.41. The Labute approximate surface area is 193 Å². The van der Waals surface area contributed by atoms with Crippen LogP contribution in [0.5, 0.6) is 5.88 Å². The molecule has 11 nitrogen and oxygen atoms in total. The van der Waals surface area contributed by atoms with Crippen LogP contribution in [0.15, 0.2) is 58.1 Å². The molecule has 11 heteroatoms. The molecule has 0 bridgehead atoms. The molecule has 3 N–H and O–H groups in total. The van der Waals surface area contributed by atoms with Crippen LogP contribution in [0.1, 0.15) is 17.1 Å².